The van der Waals surface area contributed by atoms with Gasteiger partial charge in [-0.15, -0.1) is 0 Å². The van der Waals surface area contributed by atoms with E-state index < -0.39 is 22.7 Å². The van der Waals surface area contributed by atoms with Gasteiger partial charge in [0, 0.05) is 34.7 Å². The van der Waals surface area contributed by atoms with Gasteiger partial charge in [0.2, 0.25) is 5.91 Å². The fourth-order valence-corrected chi connectivity index (χ4v) is 4.97. The zero-order valence-electron chi connectivity index (χ0n) is 22.7. The average molecular weight is 544 g/mol. The fraction of sp³-hybridized carbons (Fsp3) is 0.290. The van der Waals surface area contributed by atoms with Gasteiger partial charge in [-0.05, 0) is 81.3 Å². The van der Waals surface area contributed by atoms with E-state index in [1.54, 1.807) is 50.4 Å². The van der Waals surface area contributed by atoms with Gasteiger partial charge >= 0.3 is 0 Å². The van der Waals surface area contributed by atoms with E-state index in [4.69, 9.17) is 15.2 Å². The summed E-state index contributed by atoms with van der Waals surface area (Å²) < 4.78 is 25.0. The molecule has 5 rings (SSSR count). The molecule has 0 radical (unpaired) electrons. The van der Waals surface area contributed by atoms with E-state index in [0.717, 1.165) is 10.9 Å². The van der Waals surface area contributed by atoms with Crippen LogP contribution in [0.25, 0.3) is 22.2 Å². The molecule has 3 heterocycles. The number of carbonyl (C=O) groups is 2. The summed E-state index contributed by atoms with van der Waals surface area (Å²) in [6.07, 6.45) is 1.74. The lowest BCUT2D eigenvalue weighted by molar-refractivity contribution is -0.123. The quantitative estimate of drug-likeness (QED) is 0.307. The highest BCUT2D eigenvalue weighted by Crippen LogP contribution is 2.46. The Labute approximate surface area is 231 Å². The van der Waals surface area contributed by atoms with Gasteiger partial charge in [0.1, 0.15) is 46.1 Å². The molecule has 8 nitrogen and oxygen atoms in total. The third kappa shape index (κ3) is 4.66. The third-order valence-corrected chi connectivity index (χ3v) is 7.69. The molecule has 2 atom stereocenters. The summed E-state index contributed by atoms with van der Waals surface area (Å²) in [5, 5.41) is 12.4. The predicted molar refractivity (Wildman–Crippen MR) is 148 cm³/mol. The molecule has 0 aliphatic carbocycles. The Kier molecular flexibility index (Phi) is 6.79. The number of halogens is 1. The Bertz CT molecular complexity index is 1650. The minimum absolute atomic E-state index is 0.00913. The van der Waals surface area contributed by atoms with Crippen LogP contribution in [0.2, 0.25) is 0 Å². The molecule has 0 saturated heterocycles. The number of nitrogens with zero attached hydrogens (tertiary/aromatic N) is 2. The van der Waals surface area contributed by atoms with E-state index >= 15 is 0 Å². The van der Waals surface area contributed by atoms with Crippen LogP contribution >= 0.6 is 0 Å². The molecule has 0 bridgehead atoms. The third-order valence-electron chi connectivity index (χ3n) is 7.69. The van der Waals surface area contributed by atoms with Crippen LogP contribution in [0.15, 0.2) is 54.7 Å². The number of aliphatic hydroxyl groups is 1. The van der Waals surface area contributed by atoms with Gasteiger partial charge in [-0.2, -0.15) is 0 Å². The largest absolute Gasteiger partial charge is 0.494 e. The first kappa shape index (κ1) is 27.2. The van der Waals surface area contributed by atoms with Crippen LogP contribution in [-0.2, 0) is 15.8 Å². The number of benzene rings is 2. The highest BCUT2D eigenvalue weighted by molar-refractivity contribution is 6.01. The summed E-state index contributed by atoms with van der Waals surface area (Å²) in [5.74, 6) is -0.337. The summed E-state index contributed by atoms with van der Waals surface area (Å²) in [5.41, 5.74) is 6.73. The number of methoxy groups -OCH3 is 1. The molecule has 1 aliphatic rings. The molecule has 9 heteroatoms. The summed E-state index contributed by atoms with van der Waals surface area (Å²) in [6.45, 7) is 5.18. The summed E-state index contributed by atoms with van der Waals surface area (Å²) in [7, 11) is 1.53. The van der Waals surface area contributed by atoms with Gasteiger partial charge in [0.05, 0.1) is 12.8 Å². The van der Waals surface area contributed by atoms with Crippen molar-refractivity contribution in [3.05, 3.63) is 82.9 Å². The first-order chi connectivity index (χ1) is 18.9. The number of nitrogens with two attached hydrogens (primary N) is 1. The number of Topliss-reactive ketones (excluding diaryl/α,β-unsaturated/α-hetero) is 1. The van der Waals surface area contributed by atoms with E-state index in [9.17, 15) is 19.1 Å². The summed E-state index contributed by atoms with van der Waals surface area (Å²) in [4.78, 5) is 34.8. The molecule has 40 heavy (non-hydrogen) atoms. The molecule has 3 N–H and O–H groups in total. The van der Waals surface area contributed by atoms with Crippen molar-refractivity contribution in [3.63, 3.8) is 0 Å². The van der Waals surface area contributed by atoms with Crippen LogP contribution in [0.3, 0.4) is 0 Å². The maximum absolute atomic E-state index is 13.6. The monoisotopic (exact) mass is 543 g/mol. The Morgan fingerprint density at radius 3 is 2.60 bits per heavy atom. The predicted octanol–water partition coefficient (Wildman–Crippen LogP) is 4.76. The number of ether oxygens (including phenoxy) is 2. The van der Waals surface area contributed by atoms with E-state index in [1.165, 1.54) is 19.2 Å². The molecule has 206 valence electrons. The number of fused-ring (bicyclic) bond motifs is 2. The van der Waals surface area contributed by atoms with Crippen molar-refractivity contribution in [3.8, 4) is 22.8 Å². The van der Waals surface area contributed by atoms with Crippen molar-refractivity contribution >= 4 is 22.6 Å². The average Bonchev–Trinajstić information content (AvgIpc) is 3.29. The van der Waals surface area contributed by atoms with E-state index in [0.29, 0.717) is 39.4 Å². The van der Waals surface area contributed by atoms with Crippen LogP contribution in [0.4, 0.5) is 4.39 Å². The van der Waals surface area contributed by atoms with Crippen molar-refractivity contribution in [1.29, 1.82) is 0 Å². The first-order valence-electron chi connectivity index (χ1n) is 12.9. The number of aromatic nitrogens is 2. The number of hydrogen-bond acceptors (Lipinski definition) is 7. The number of pyridine rings is 2. The van der Waals surface area contributed by atoms with Crippen LogP contribution in [0.5, 0.6) is 11.5 Å². The van der Waals surface area contributed by atoms with E-state index in [-0.39, 0.29) is 30.9 Å². The normalized spacial score (nSPS) is 17.6. The molecule has 0 spiro atoms. The highest BCUT2D eigenvalue weighted by Gasteiger charge is 2.45. The first-order valence-corrected chi connectivity index (χ1v) is 12.9. The van der Waals surface area contributed by atoms with Crippen molar-refractivity contribution in [2.45, 2.75) is 44.6 Å². The van der Waals surface area contributed by atoms with Gasteiger partial charge < -0.3 is 20.3 Å². The molecule has 0 unspecified atom stereocenters. The number of hydrogen-bond donors (Lipinski definition) is 2. The topological polar surface area (TPSA) is 125 Å². The Balaban J connectivity index is 1.50. The summed E-state index contributed by atoms with van der Waals surface area (Å²) in [6, 6.07) is 12.6. The highest BCUT2D eigenvalue weighted by atomic mass is 19.1. The number of rotatable bonds is 8. The van der Waals surface area contributed by atoms with Crippen molar-refractivity contribution in [2.75, 3.05) is 13.7 Å². The molecule has 2 aromatic heterocycles. The van der Waals surface area contributed by atoms with Crippen molar-refractivity contribution in [1.82, 2.24) is 9.97 Å². The maximum Gasteiger partial charge on any atom is 0.231 e. The van der Waals surface area contributed by atoms with E-state index in [1.807, 2.05) is 13.0 Å². The van der Waals surface area contributed by atoms with Crippen molar-refractivity contribution < 1.29 is 28.6 Å². The minimum atomic E-state index is -1.56. The number of aryl methyl sites for hydroxylation is 1. The second-order valence-corrected chi connectivity index (χ2v) is 10.6. The van der Waals surface area contributed by atoms with Gasteiger partial charge in [-0.1, -0.05) is 0 Å². The van der Waals surface area contributed by atoms with Crippen LogP contribution in [-0.4, -0.2) is 40.5 Å². The molecule has 0 saturated carbocycles. The summed E-state index contributed by atoms with van der Waals surface area (Å²) >= 11 is 0. The molecule has 1 aliphatic heterocycles. The van der Waals surface area contributed by atoms with Gasteiger partial charge in [0.15, 0.2) is 5.78 Å². The van der Waals surface area contributed by atoms with Crippen LogP contribution in [0, 0.1) is 12.7 Å². The van der Waals surface area contributed by atoms with Gasteiger partial charge in [0.25, 0.3) is 0 Å². The standard InChI is InChI=1S/C31H30FN3O5/c1-17-10-12-34-27-21(17)13-19(14-24(27)39-4)23(36)9-11-31(3,38)25-15-22-28(40-16-30(22,2)29(33)37)26(35-25)18-5-7-20(32)8-6-18/h5-8,10,12-15,38H,9,11,16H2,1-4H3,(H2,33,37)/t30-,31-/m0/s1. The van der Waals surface area contributed by atoms with Crippen LogP contribution < -0.4 is 15.2 Å². The Morgan fingerprint density at radius 1 is 1.20 bits per heavy atom. The second kappa shape index (κ2) is 9.98. The fourth-order valence-electron chi connectivity index (χ4n) is 4.97. The zero-order valence-corrected chi connectivity index (χ0v) is 22.7. The zero-order chi connectivity index (χ0) is 28.8. The molecule has 0 fully saturated rings. The number of carbonyl (C=O) groups excluding carboxylic acids is 2. The maximum atomic E-state index is 13.6. The number of ketones is 1. The van der Waals surface area contributed by atoms with Crippen LogP contribution in [0.1, 0.15) is 53.9 Å². The minimum Gasteiger partial charge on any atom is -0.494 e. The molecule has 1 amide bonds. The smallest absolute Gasteiger partial charge is 0.231 e. The molecule has 2 aromatic carbocycles. The second-order valence-electron chi connectivity index (χ2n) is 10.6. The van der Waals surface area contributed by atoms with E-state index in [2.05, 4.69) is 9.97 Å². The SMILES string of the molecule is COc1cc(C(=O)CC[C@](C)(O)c2cc3c(c(-c4ccc(F)cc4)n2)OC[C@]3(C)C(N)=O)cc2c(C)ccnc12. The molecule has 4 aromatic rings. The Hall–Kier alpha value is -4.37. The number of primary amides is 1. The molecular formula is C31H30FN3O5. The van der Waals surface area contributed by atoms with Gasteiger partial charge in [-0.25, -0.2) is 9.37 Å². The molecular weight excluding hydrogens is 513 g/mol. The lowest BCUT2D eigenvalue weighted by Crippen LogP contribution is -2.40. The lowest BCUT2D eigenvalue weighted by Gasteiger charge is -2.26. The Morgan fingerprint density at radius 2 is 1.93 bits per heavy atom. The number of amides is 1. The van der Waals surface area contributed by atoms with Gasteiger partial charge in [-0.3, -0.25) is 14.6 Å². The lowest BCUT2D eigenvalue weighted by atomic mass is 9.81. The van der Waals surface area contributed by atoms with Crippen molar-refractivity contribution in [2.24, 2.45) is 5.73 Å².